The van der Waals surface area contributed by atoms with Gasteiger partial charge in [-0.15, -0.1) is 0 Å². The fourth-order valence-corrected chi connectivity index (χ4v) is 2.21. The fourth-order valence-electron chi connectivity index (χ4n) is 1.73. The van der Waals surface area contributed by atoms with Crippen LogP contribution in [0, 0.1) is 17.0 Å². The number of ether oxygens (including phenoxy) is 1. The predicted molar refractivity (Wildman–Crippen MR) is 81.8 cm³/mol. The quantitative estimate of drug-likeness (QED) is 0.651. The lowest BCUT2D eigenvalue weighted by atomic mass is 10.2. The Morgan fingerprint density at radius 3 is 2.81 bits per heavy atom. The van der Waals surface area contributed by atoms with Gasteiger partial charge in [-0.3, -0.25) is 10.1 Å². The molecular weight excluding hydrogens is 340 g/mol. The van der Waals surface area contributed by atoms with Crippen LogP contribution >= 0.6 is 15.9 Å². The van der Waals surface area contributed by atoms with Gasteiger partial charge in [-0.05, 0) is 37.6 Å². The Morgan fingerprint density at radius 1 is 1.43 bits per heavy atom. The zero-order valence-electron chi connectivity index (χ0n) is 11.5. The molecule has 2 aromatic rings. The van der Waals surface area contributed by atoms with Gasteiger partial charge in [0.2, 0.25) is 5.82 Å². The number of halogens is 1. The summed E-state index contributed by atoms with van der Waals surface area (Å²) in [6, 6.07) is 5.37. The van der Waals surface area contributed by atoms with Crippen molar-refractivity contribution >= 4 is 27.4 Å². The van der Waals surface area contributed by atoms with Gasteiger partial charge < -0.3 is 10.1 Å². The molecule has 1 aromatic heterocycles. The van der Waals surface area contributed by atoms with Crippen molar-refractivity contribution in [2.45, 2.75) is 13.8 Å². The van der Waals surface area contributed by atoms with E-state index in [-0.39, 0.29) is 17.4 Å². The standard InChI is InChI=1S/C13H13BrN4O3/c1-3-15-12-11(18(19)20)13(17-7-16-12)21-10-5-4-9(14)6-8(10)2/h4-7H,3H2,1-2H3,(H,15,16,17). The lowest BCUT2D eigenvalue weighted by Gasteiger charge is -2.10. The number of aromatic nitrogens is 2. The summed E-state index contributed by atoms with van der Waals surface area (Å²) in [6.45, 7) is 4.18. The zero-order valence-corrected chi connectivity index (χ0v) is 13.0. The van der Waals surface area contributed by atoms with Crippen LogP contribution in [0.25, 0.3) is 0 Å². The third kappa shape index (κ3) is 3.46. The number of hydrogen-bond acceptors (Lipinski definition) is 6. The second-order valence-corrected chi connectivity index (χ2v) is 5.09. The van der Waals surface area contributed by atoms with Gasteiger partial charge in [0.1, 0.15) is 12.1 Å². The zero-order chi connectivity index (χ0) is 15.4. The molecule has 0 atom stereocenters. The Hall–Kier alpha value is -2.22. The summed E-state index contributed by atoms with van der Waals surface area (Å²) in [6.07, 6.45) is 1.23. The first-order valence-corrected chi connectivity index (χ1v) is 6.99. The van der Waals surface area contributed by atoms with E-state index in [4.69, 9.17) is 4.74 Å². The van der Waals surface area contributed by atoms with Crippen LogP contribution in [-0.2, 0) is 0 Å². The monoisotopic (exact) mass is 352 g/mol. The van der Waals surface area contributed by atoms with Gasteiger partial charge in [-0.2, -0.15) is 4.98 Å². The third-order valence-corrected chi connectivity index (χ3v) is 3.15. The second kappa shape index (κ2) is 6.49. The van der Waals surface area contributed by atoms with E-state index < -0.39 is 4.92 Å². The molecule has 1 aromatic carbocycles. The molecule has 8 heteroatoms. The van der Waals surface area contributed by atoms with E-state index in [0.717, 1.165) is 10.0 Å². The largest absolute Gasteiger partial charge is 0.433 e. The number of rotatable bonds is 5. The smallest absolute Gasteiger partial charge is 0.373 e. The highest BCUT2D eigenvalue weighted by Gasteiger charge is 2.24. The van der Waals surface area contributed by atoms with Gasteiger partial charge in [-0.1, -0.05) is 15.9 Å². The molecule has 7 nitrogen and oxygen atoms in total. The minimum atomic E-state index is -0.554. The molecule has 0 aliphatic carbocycles. The average molecular weight is 353 g/mol. The number of nitro groups is 1. The molecule has 0 amide bonds. The van der Waals surface area contributed by atoms with Crippen LogP contribution in [0.4, 0.5) is 11.5 Å². The first-order valence-electron chi connectivity index (χ1n) is 6.20. The van der Waals surface area contributed by atoms with Crippen LogP contribution in [0.5, 0.6) is 11.6 Å². The SMILES string of the molecule is CCNc1ncnc(Oc2ccc(Br)cc2C)c1[N+](=O)[O-]. The van der Waals surface area contributed by atoms with Crippen LogP contribution < -0.4 is 10.1 Å². The molecule has 0 spiro atoms. The summed E-state index contributed by atoms with van der Waals surface area (Å²) in [5.41, 5.74) is 0.559. The molecule has 0 saturated heterocycles. The van der Waals surface area contributed by atoms with E-state index in [2.05, 4.69) is 31.2 Å². The number of nitrogens with one attached hydrogen (secondary N) is 1. The van der Waals surface area contributed by atoms with E-state index in [0.29, 0.717) is 12.3 Å². The van der Waals surface area contributed by atoms with E-state index in [1.54, 1.807) is 12.1 Å². The van der Waals surface area contributed by atoms with Gasteiger partial charge in [0.25, 0.3) is 0 Å². The summed E-state index contributed by atoms with van der Waals surface area (Å²) >= 11 is 3.35. The molecule has 0 bridgehead atoms. The van der Waals surface area contributed by atoms with Crippen LogP contribution in [0.3, 0.4) is 0 Å². The lowest BCUT2D eigenvalue weighted by Crippen LogP contribution is -2.06. The van der Waals surface area contributed by atoms with Crippen LogP contribution in [0.15, 0.2) is 29.0 Å². The fraction of sp³-hybridized carbons (Fsp3) is 0.231. The van der Waals surface area contributed by atoms with Gasteiger partial charge in [0.05, 0.1) is 4.92 Å². The van der Waals surface area contributed by atoms with Crippen LogP contribution in [0.1, 0.15) is 12.5 Å². The van der Waals surface area contributed by atoms with Crippen molar-refractivity contribution in [1.29, 1.82) is 0 Å². The average Bonchev–Trinajstić information content (AvgIpc) is 2.42. The summed E-state index contributed by atoms with van der Waals surface area (Å²) in [7, 11) is 0. The van der Waals surface area contributed by atoms with Crippen molar-refractivity contribution < 1.29 is 9.66 Å². The summed E-state index contributed by atoms with van der Waals surface area (Å²) in [5, 5.41) is 14.1. The maximum atomic E-state index is 11.2. The minimum absolute atomic E-state index is 0.0867. The maximum Gasteiger partial charge on any atom is 0.373 e. The number of nitrogens with zero attached hydrogens (tertiary/aromatic N) is 3. The number of aryl methyl sites for hydroxylation is 1. The molecule has 1 N–H and O–H groups in total. The molecular formula is C13H13BrN4O3. The van der Waals surface area contributed by atoms with E-state index in [1.165, 1.54) is 6.33 Å². The Morgan fingerprint density at radius 2 is 2.19 bits per heavy atom. The van der Waals surface area contributed by atoms with Crippen molar-refractivity contribution in [2.24, 2.45) is 0 Å². The predicted octanol–water partition coefficient (Wildman–Crippen LogP) is 3.68. The number of hydrogen-bond donors (Lipinski definition) is 1. The highest BCUT2D eigenvalue weighted by atomic mass is 79.9. The van der Waals surface area contributed by atoms with Crippen molar-refractivity contribution in [3.05, 3.63) is 44.7 Å². The first kappa shape index (κ1) is 15.2. The molecule has 0 aliphatic rings. The van der Waals surface area contributed by atoms with Crippen molar-refractivity contribution in [1.82, 2.24) is 9.97 Å². The van der Waals surface area contributed by atoms with Crippen molar-refractivity contribution in [3.63, 3.8) is 0 Å². The summed E-state index contributed by atoms with van der Waals surface area (Å²) in [4.78, 5) is 18.4. The number of anilines is 1. The van der Waals surface area contributed by atoms with E-state index >= 15 is 0 Å². The van der Waals surface area contributed by atoms with Gasteiger partial charge in [0.15, 0.2) is 0 Å². The normalized spacial score (nSPS) is 10.2. The molecule has 2 rings (SSSR count). The molecule has 110 valence electrons. The van der Waals surface area contributed by atoms with Gasteiger partial charge >= 0.3 is 11.6 Å². The topological polar surface area (TPSA) is 90.2 Å². The number of benzene rings is 1. The maximum absolute atomic E-state index is 11.2. The van der Waals surface area contributed by atoms with Gasteiger partial charge in [0, 0.05) is 11.0 Å². The van der Waals surface area contributed by atoms with Crippen LogP contribution in [-0.4, -0.2) is 21.4 Å². The molecule has 0 aliphatic heterocycles. The third-order valence-electron chi connectivity index (χ3n) is 2.66. The molecule has 1 heterocycles. The highest BCUT2D eigenvalue weighted by molar-refractivity contribution is 9.10. The molecule has 0 radical (unpaired) electrons. The molecule has 21 heavy (non-hydrogen) atoms. The lowest BCUT2D eigenvalue weighted by molar-refractivity contribution is -0.385. The van der Waals surface area contributed by atoms with Crippen LogP contribution in [0.2, 0.25) is 0 Å². The summed E-state index contributed by atoms with van der Waals surface area (Å²) in [5.74, 6) is 0.557. The molecule has 0 saturated carbocycles. The van der Waals surface area contributed by atoms with E-state index in [1.807, 2.05) is 19.9 Å². The van der Waals surface area contributed by atoms with Crippen molar-refractivity contribution in [3.8, 4) is 11.6 Å². The Labute approximate surface area is 129 Å². The van der Waals surface area contributed by atoms with Gasteiger partial charge in [-0.25, -0.2) is 4.98 Å². The van der Waals surface area contributed by atoms with Crippen molar-refractivity contribution in [2.75, 3.05) is 11.9 Å². The molecule has 0 unspecified atom stereocenters. The minimum Gasteiger partial charge on any atom is -0.433 e. The van der Waals surface area contributed by atoms with E-state index in [9.17, 15) is 10.1 Å². The second-order valence-electron chi connectivity index (χ2n) is 4.18. The Kier molecular flexibility index (Phi) is 4.69. The molecule has 0 fully saturated rings. The highest BCUT2D eigenvalue weighted by Crippen LogP contribution is 2.35. The Bertz CT molecular complexity index is 678. The Balaban J connectivity index is 2.43. The summed E-state index contributed by atoms with van der Waals surface area (Å²) < 4.78 is 6.49. The first-order chi connectivity index (χ1) is 10.0.